The van der Waals surface area contributed by atoms with E-state index < -0.39 is 0 Å². The molecular weight excluding hydrogens is 308 g/mol. The van der Waals surface area contributed by atoms with Crippen LogP contribution in [0, 0.1) is 13.8 Å². The molecule has 0 saturated carbocycles. The number of fused-ring (bicyclic) bond motifs is 1. The van der Waals surface area contributed by atoms with Crippen molar-refractivity contribution in [2.75, 3.05) is 12.0 Å². The number of anilines is 1. The molecule has 2 heterocycles. The number of aromatic nitrogens is 2. The van der Waals surface area contributed by atoms with E-state index in [0.717, 1.165) is 27.3 Å². The smallest absolute Gasteiger partial charge is 0.158 e. The molecule has 1 N–H and O–H groups in total. The maximum absolute atomic E-state index is 5.59. The molecule has 5 nitrogen and oxygen atoms in total. The molecule has 0 radical (unpaired) electrons. The highest BCUT2D eigenvalue weighted by Gasteiger charge is 2.11. The summed E-state index contributed by atoms with van der Waals surface area (Å²) in [4.78, 5) is 10.9. The van der Waals surface area contributed by atoms with E-state index in [1.807, 2.05) is 31.2 Å². The van der Waals surface area contributed by atoms with Gasteiger partial charge in [0.25, 0.3) is 0 Å². The highest BCUT2D eigenvalue weighted by Crippen LogP contribution is 2.32. The molecule has 0 spiro atoms. The van der Waals surface area contributed by atoms with Crippen LogP contribution in [0.3, 0.4) is 0 Å². The Morgan fingerprint density at radius 3 is 2.91 bits per heavy atom. The van der Waals surface area contributed by atoms with Crippen LogP contribution in [0.15, 0.2) is 35.7 Å². The Labute approximate surface area is 139 Å². The van der Waals surface area contributed by atoms with Gasteiger partial charge < -0.3 is 4.74 Å². The van der Waals surface area contributed by atoms with E-state index >= 15 is 0 Å². The lowest BCUT2D eigenvalue weighted by Gasteiger charge is -2.06. The van der Waals surface area contributed by atoms with E-state index in [2.05, 4.69) is 34.3 Å². The Balaban J connectivity index is 1.87. The summed E-state index contributed by atoms with van der Waals surface area (Å²) >= 11 is 1.67. The van der Waals surface area contributed by atoms with E-state index in [0.29, 0.717) is 6.61 Å². The molecule has 3 rings (SSSR count). The minimum atomic E-state index is 0.623. The lowest BCUT2D eigenvalue weighted by atomic mass is 10.2. The number of benzene rings is 1. The van der Waals surface area contributed by atoms with E-state index in [4.69, 9.17) is 4.74 Å². The van der Waals surface area contributed by atoms with Crippen molar-refractivity contribution >= 4 is 33.6 Å². The third-order valence-electron chi connectivity index (χ3n) is 3.56. The molecule has 2 aromatic heterocycles. The SMILES string of the molecule is CCOc1ccccc1/C=N\Nc1ncnc2sc(C)c(C)c12. The molecule has 0 atom stereocenters. The number of hydrogen-bond acceptors (Lipinski definition) is 6. The van der Waals surface area contributed by atoms with Gasteiger partial charge in [-0.25, -0.2) is 9.97 Å². The van der Waals surface area contributed by atoms with Crippen molar-refractivity contribution in [1.82, 2.24) is 9.97 Å². The zero-order valence-corrected chi connectivity index (χ0v) is 14.1. The number of thiophene rings is 1. The maximum Gasteiger partial charge on any atom is 0.158 e. The van der Waals surface area contributed by atoms with Crippen molar-refractivity contribution in [3.63, 3.8) is 0 Å². The molecule has 0 aliphatic carbocycles. The lowest BCUT2D eigenvalue weighted by molar-refractivity contribution is 0.340. The van der Waals surface area contributed by atoms with E-state index in [9.17, 15) is 0 Å². The molecule has 1 aromatic carbocycles. The molecule has 3 aromatic rings. The second kappa shape index (κ2) is 6.75. The Bertz CT molecular complexity index is 857. The molecule has 6 heteroatoms. The fourth-order valence-corrected chi connectivity index (χ4v) is 3.30. The number of para-hydroxylation sites is 1. The fraction of sp³-hybridized carbons (Fsp3) is 0.235. The predicted molar refractivity (Wildman–Crippen MR) is 95.7 cm³/mol. The van der Waals surface area contributed by atoms with Gasteiger partial charge in [-0.3, -0.25) is 5.43 Å². The van der Waals surface area contributed by atoms with Gasteiger partial charge in [0.1, 0.15) is 16.9 Å². The third kappa shape index (κ3) is 3.17. The quantitative estimate of drug-likeness (QED) is 0.565. The monoisotopic (exact) mass is 326 g/mol. The number of nitrogens with one attached hydrogen (secondary N) is 1. The van der Waals surface area contributed by atoms with Gasteiger partial charge >= 0.3 is 0 Å². The summed E-state index contributed by atoms with van der Waals surface area (Å²) in [7, 11) is 0. The summed E-state index contributed by atoms with van der Waals surface area (Å²) in [5, 5.41) is 5.35. The number of aryl methyl sites for hydroxylation is 2. The average molecular weight is 326 g/mol. The summed E-state index contributed by atoms with van der Waals surface area (Å²) in [6.45, 7) is 6.76. The van der Waals surface area contributed by atoms with Crippen molar-refractivity contribution in [3.8, 4) is 5.75 Å². The number of ether oxygens (including phenoxy) is 1. The molecule has 23 heavy (non-hydrogen) atoms. The van der Waals surface area contributed by atoms with Crippen molar-refractivity contribution < 1.29 is 4.74 Å². The standard InChI is InChI=1S/C17H18N4OS/c1-4-22-14-8-6-5-7-13(14)9-20-21-16-15-11(2)12(3)23-17(15)19-10-18-16/h5-10H,4H2,1-3H3,(H,18,19,21)/b20-9-. The number of hydrogen-bond donors (Lipinski definition) is 1. The lowest BCUT2D eigenvalue weighted by Crippen LogP contribution is -1.98. The van der Waals surface area contributed by atoms with Gasteiger partial charge in [-0.15, -0.1) is 11.3 Å². The summed E-state index contributed by atoms with van der Waals surface area (Å²) < 4.78 is 5.59. The van der Waals surface area contributed by atoms with Crippen LogP contribution in [0.1, 0.15) is 22.9 Å². The van der Waals surface area contributed by atoms with Gasteiger partial charge in [0.05, 0.1) is 18.2 Å². The molecule has 0 amide bonds. The highest BCUT2D eigenvalue weighted by atomic mass is 32.1. The zero-order valence-electron chi connectivity index (χ0n) is 13.3. The van der Waals surface area contributed by atoms with Crippen LogP contribution in [0.2, 0.25) is 0 Å². The normalized spacial score (nSPS) is 11.3. The molecule has 0 aliphatic rings. The zero-order chi connectivity index (χ0) is 16.2. The second-order valence-electron chi connectivity index (χ2n) is 5.03. The van der Waals surface area contributed by atoms with Gasteiger partial charge in [-0.2, -0.15) is 5.10 Å². The van der Waals surface area contributed by atoms with E-state index in [-0.39, 0.29) is 0 Å². The Morgan fingerprint density at radius 1 is 1.26 bits per heavy atom. The van der Waals surface area contributed by atoms with Gasteiger partial charge in [-0.1, -0.05) is 12.1 Å². The average Bonchev–Trinajstić information content (AvgIpc) is 2.85. The molecular formula is C17H18N4OS. The largest absolute Gasteiger partial charge is 0.493 e. The van der Waals surface area contributed by atoms with Crippen LogP contribution in [0.5, 0.6) is 5.75 Å². The van der Waals surface area contributed by atoms with Crippen LogP contribution in [-0.4, -0.2) is 22.8 Å². The van der Waals surface area contributed by atoms with Crippen molar-refractivity contribution in [3.05, 3.63) is 46.6 Å². The minimum absolute atomic E-state index is 0.623. The van der Waals surface area contributed by atoms with Crippen LogP contribution in [0.25, 0.3) is 10.2 Å². The molecule has 0 bridgehead atoms. The Morgan fingerprint density at radius 2 is 2.09 bits per heavy atom. The number of hydrazone groups is 1. The fourth-order valence-electron chi connectivity index (χ4n) is 2.30. The van der Waals surface area contributed by atoms with Crippen molar-refractivity contribution in [1.29, 1.82) is 0 Å². The summed E-state index contributed by atoms with van der Waals surface area (Å²) in [5.74, 6) is 1.54. The second-order valence-corrected chi connectivity index (χ2v) is 6.23. The highest BCUT2D eigenvalue weighted by molar-refractivity contribution is 7.18. The minimum Gasteiger partial charge on any atom is -0.493 e. The summed E-state index contributed by atoms with van der Waals surface area (Å²) in [6, 6.07) is 7.80. The summed E-state index contributed by atoms with van der Waals surface area (Å²) in [6.07, 6.45) is 3.30. The van der Waals surface area contributed by atoms with Gasteiger partial charge in [0.2, 0.25) is 0 Å². The van der Waals surface area contributed by atoms with Gasteiger partial charge in [0.15, 0.2) is 5.82 Å². The molecule has 0 aliphatic heterocycles. The molecule has 0 unspecified atom stereocenters. The third-order valence-corrected chi connectivity index (χ3v) is 4.67. The van der Waals surface area contributed by atoms with Crippen molar-refractivity contribution in [2.45, 2.75) is 20.8 Å². The first-order valence-electron chi connectivity index (χ1n) is 7.42. The van der Waals surface area contributed by atoms with E-state index in [1.165, 1.54) is 10.4 Å². The predicted octanol–water partition coefficient (Wildman–Crippen LogP) is 4.15. The van der Waals surface area contributed by atoms with Crippen LogP contribution in [-0.2, 0) is 0 Å². The van der Waals surface area contributed by atoms with Crippen molar-refractivity contribution in [2.24, 2.45) is 5.10 Å². The maximum atomic E-state index is 5.59. The Kier molecular flexibility index (Phi) is 4.52. The first-order valence-corrected chi connectivity index (χ1v) is 8.24. The Hall–Kier alpha value is -2.47. The molecule has 0 fully saturated rings. The van der Waals surface area contributed by atoms with Gasteiger partial charge in [-0.05, 0) is 38.5 Å². The van der Waals surface area contributed by atoms with Crippen LogP contribution < -0.4 is 10.2 Å². The van der Waals surface area contributed by atoms with Crippen LogP contribution >= 0.6 is 11.3 Å². The van der Waals surface area contributed by atoms with Crippen LogP contribution in [0.4, 0.5) is 5.82 Å². The molecule has 118 valence electrons. The topological polar surface area (TPSA) is 59.4 Å². The number of nitrogens with zero attached hydrogens (tertiary/aromatic N) is 3. The van der Waals surface area contributed by atoms with Gasteiger partial charge in [0, 0.05) is 10.4 Å². The summed E-state index contributed by atoms with van der Waals surface area (Å²) in [5.41, 5.74) is 5.14. The molecule has 0 saturated heterocycles. The first kappa shape index (κ1) is 15.4. The number of rotatable bonds is 5. The van der Waals surface area contributed by atoms with E-state index in [1.54, 1.807) is 23.9 Å². The first-order chi connectivity index (χ1) is 11.2.